The Hall–Kier alpha value is -3.39. The fourth-order valence-electron chi connectivity index (χ4n) is 7.85. The predicted molar refractivity (Wildman–Crippen MR) is 173 cm³/mol. The Labute approximate surface area is 294 Å². The van der Waals surface area contributed by atoms with Gasteiger partial charge in [-0.05, 0) is 47.7 Å². The number of nitrogens with zero attached hydrogens (tertiary/aromatic N) is 4. The van der Waals surface area contributed by atoms with Crippen molar-refractivity contribution in [2.24, 2.45) is 17.8 Å². The van der Waals surface area contributed by atoms with Crippen molar-refractivity contribution in [2.75, 3.05) is 17.5 Å². The molecule has 4 amide bonds. The number of likely N-dealkylation sites (tertiary alicyclic amines) is 1. The zero-order valence-electron chi connectivity index (χ0n) is 24.6. The fraction of sp³-hybridized carbons (Fsp3) is 0.344. The molecule has 2 saturated heterocycles. The molecular formula is C32H23BrCl3F3N4O5. The van der Waals surface area contributed by atoms with E-state index in [1.807, 2.05) is 0 Å². The third kappa shape index (κ3) is 4.32. The summed E-state index contributed by atoms with van der Waals surface area (Å²) in [5.74, 6) is -8.11. The number of pyridine rings is 1. The van der Waals surface area contributed by atoms with Crippen LogP contribution in [0, 0.1) is 17.8 Å². The van der Waals surface area contributed by atoms with Gasteiger partial charge in [-0.3, -0.25) is 29.1 Å². The van der Waals surface area contributed by atoms with E-state index in [1.54, 1.807) is 36.4 Å². The monoisotopic (exact) mass is 784 g/mol. The molecule has 7 rings (SSSR count). The molecular weight excluding hydrogens is 764 g/mol. The first-order chi connectivity index (χ1) is 22.6. The smallest absolute Gasteiger partial charge is 0.433 e. The molecule has 1 N–H and O–H groups in total. The molecule has 48 heavy (non-hydrogen) atoms. The van der Waals surface area contributed by atoms with E-state index in [9.17, 15) is 37.5 Å². The third-order valence-corrected chi connectivity index (χ3v) is 12.2. The number of phenols is 1. The summed E-state index contributed by atoms with van der Waals surface area (Å²) in [6, 6.07) is 11.8. The van der Waals surface area contributed by atoms with Gasteiger partial charge in [0.2, 0.25) is 0 Å². The lowest BCUT2D eigenvalue weighted by molar-refractivity contribution is -0.142. The fourth-order valence-corrected chi connectivity index (χ4v) is 9.48. The van der Waals surface area contributed by atoms with Gasteiger partial charge in [-0.1, -0.05) is 69.5 Å². The highest BCUT2D eigenvalue weighted by atomic mass is 79.9. The van der Waals surface area contributed by atoms with Gasteiger partial charge in [-0.25, -0.2) is 4.98 Å². The van der Waals surface area contributed by atoms with Crippen LogP contribution in [0.2, 0.25) is 5.02 Å². The maximum Gasteiger partial charge on any atom is 0.433 e. The number of hydrogen-bond acceptors (Lipinski definition) is 7. The molecule has 0 unspecified atom stereocenters. The molecule has 3 aromatic rings. The molecule has 16 heteroatoms. The van der Waals surface area contributed by atoms with Crippen LogP contribution in [-0.4, -0.2) is 65.9 Å². The second kappa shape index (κ2) is 11.1. The number of amides is 4. The summed E-state index contributed by atoms with van der Waals surface area (Å²) in [6.45, 7) is 0. The molecule has 2 aliphatic heterocycles. The summed E-state index contributed by atoms with van der Waals surface area (Å²) in [5.41, 5.74) is -0.834. The van der Waals surface area contributed by atoms with E-state index in [0.717, 1.165) is 16.0 Å². The van der Waals surface area contributed by atoms with Gasteiger partial charge in [-0.15, -0.1) is 23.2 Å². The van der Waals surface area contributed by atoms with Crippen LogP contribution in [0.1, 0.15) is 30.0 Å². The van der Waals surface area contributed by atoms with E-state index in [4.69, 9.17) is 34.8 Å². The van der Waals surface area contributed by atoms with Crippen molar-refractivity contribution >= 4 is 91.0 Å². The van der Waals surface area contributed by atoms with Gasteiger partial charge >= 0.3 is 6.18 Å². The van der Waals surface area contributed by atoms with Crippen LogP contribution in [0.5, 0.6) is 5.75 Å². The minimum atomic E-state index is -4.83. The van der Waals surface area contributed by atoms with Crippen molar-refractivity contribution in [3.63, 3.8) is 0 Å². The van der Waals surface area contributed by atoms with Crippen LogP contribution < -0.4 is 5.01 Å². The number of aromatic hydroxyl groups is 1. The third-order valence-electron chi connectivity index (χ3n) is 9.95. The number of anilines is 1. The molecule has 9 nitrogen and oxygen atoms in total. The van der Waals surface area contributed by atoms with Crippen molar-refractivity contribution in [1.82, 2.24) is 14.9 Å². The quantitative estimate of drug-likeness (QED) is 0.142. The van der Waals surface area contributed by atoms with Gasteiger partial charge in [0.15, 0.2) is 15.6 Å². The average molecular weight is 787 g/mol. The maximum absolute atomic E-state index is 14.3. The number of allylic oxidation sites excluding steroid dienone is 2. The normalized spacial score (nSPS) is 30.0. The van der Waals surface area contributed by atoms with Crippen molar-refractivity contribution in [2.45, 2.75) is 34.7 Å². The van der Waals surface area contributed by atoms with Gasteiger partial charge in [-0.2, -0.15) is 18.2 Å². The number of carbonyl (C=O) groups is 4. The summed E-state index contributed by atoms with van der Waals surface area (Å²) < 4.78 is 40.6. The van der Waals surface area contributed by atoms with E-state index >= 15 is 0 Å². The number of alkyl halides is 6. The van der Waals surface area contributed by atoms with E-state index in [0.29, 0.717) is 27.4 Å². The number of phenolic OH excluding ortho intramolecular Hbond substituents is 1. The Kier molecular flexibility index (Phi) is 7.63. The van der Waals surface area contributed by atoms with E-state index in [1.165, 1.54) is 13.1 Å². The Morgan fingerprint density at radius 3 is 2.42 bits per heavy atom. The molecule has 0 bridgehead atoms. The number of carbonyl (C=O) groups excluding carboxylic acids is 4. The minimum absolute atomic E-state index is 0.0102. The number of aromatic nitrogens is 1. The molecule has 2 aliphatic carbocycles. The average Bonchev–Trinajstić information content (AvgIpc) is 3.38. The highest BCUT2D eigenvalue weighted by Crippen LogP contribution is 2.66. The highest BCUT2D eigenvalue weighted by molar-refractivity contribution is 9.09. The summed E-state index contributed by atoms with van der Waals surface area (Å²) in [7, 11) is 1.20. The van der Waals surface area contributed by atoms with Gasteiger partial charge in [0, 0.05) is 18.5 Å². The van der Waals surface area contributed by atoms with Gasteiger partial charge in [0.1, 0.15) is 11.4 Å². The van der Waals surface area contributed by atoms with Crippen LogP contribution in [0.25, 0.3) is 10.8 Å². The van der Waals surface area contributed by atoms with E-state index in [2.05, 4.69) is 20.9 Å². The SMILES string of the molecule is CN(c1nc(C(F)(F)F)ccc1Cl)N1C(=O)[C@H]2[C@H](CC=C3[C@H]2C[C@@]2(Cl)C(=O)N(CBr)C(=O)[C@@]2(Cl)[C@H]3c2c(O)ccc3ccccc23)C1=O. The van der Waals surface area contributed by atoms with Crippen LogP contribution in [0.15, 0.2) is 60.2 Å². The molecule has 3 fully saturated rings. The van der Waals surface area contributed by atoms with Crippen LogP contribution in [0.3, 0.4) is 0 Å². The minimum Gasteiger partial charge on any atom is -0.508 e. The van der Waals surface area contributed by atoms with Gasteiger partial charge in [0.25, 0.3) is 23.6 Å². The van der Waals surface area contributed by atoms with Gasteiger partial charge < -0.3 is 5.11 Å². The first kappa shape index (κ1) is 33.1. The van der Waals surface area contributed by atoms with Gasteiger partial charge in [0.05, 0.1) is 22.3 Å². The summed E-state index contributed by atoms with van der Waals surface area (Å²) in [4.78, 5) is 56.5. The van der Waals surface area contributed by atoms with Crippen molar-refractivity contribution < 1.29 is 37.5 Å². The Morgan fingerprint density at radius 2 is 1.73 bits per heavy atom. The molecule has 1 aromatic heterocycles. The summed E-state index contributed by atoms with van der Waals surface area (Å²) in [6.07, 6.45) is -3.46. The van der Waals surface area contributed by atoms with Crippen molar-refractivity contribution in [3.05, 3.63) is 76.5 Å². The molecule has 250 valence electrons. The summed E-state index contributed by atoms with van der Waals surface area (Å²) in [5, 5.41) is 14.0. The Morgan fingerprint density at radius 1 is 1.02 bits per heavy atom. The van der Waals surface area contributed by atoms with E-state index in [-0.39, 0.29) is 34.6 Å². The number of halogens is 7. The summed E-state index contributed by atoms with van der Waals surface area (Å²) >= 11 is 24.0. The zero-order chi connectivity index (χ0) is 34.7. The number of hydrogen-bond donors (Lipinski definition) is 1. The Balaban J connectivity index is 1.39. The number of hydrazine groups is 1. The lowest BCUT2D eigenvalue weighted by Gasteiger charge is -2.51. The largest absolute Gasteiger partial charge is 0.508 e. The number of rotatable bonds is 4. The first-order valence-electron chi connectivity index (χ1n) is 14.6. The zero-order valence-corrected chi connectivity index (χ0v) is 28.5. The van der Waals surface area contributed by atoms with Crippen LogP contribution in [0.4, 0.5) is 19.0 Å². The number of imide groups is 2. The topological polar surface area (TPSA) is 111 Å². The molecule has 2 aromatic carbocycles. The molecule has 4 aliphatic rings. The molecule has 0 spiro atoms. The lowest BCUT2D eigenvalue weighted by atomic mass is 9.56. The first-order valence-corrected chi connectivity index (χ1v) is 16.9. The predicted octanol–water partition coefficient (Wildman–Crippen LogP) is 6.38. The van der Waals surface area contributed by atoms with E-state index < -0.39 is 74.7 Å². The second-order valence-electron chi connectivity index (χ2n) is 12.2. The second-order valence-corrected chi connectivity index (χ2v) is 14.4. The number of fused-ring (bicyclic) bond motifs is 5. The standard InChI is InChI=1S/C32H23BrCl3F3N4O5/c1-41(25-19(34)9-11-21(40-25)32(37,38)39)43-26(45)17-8-7-16-18(22(17)27(43)46)12-30(35)28(47)42(13-33)29(48)31(30,36)24(16)23-15-5-3-2-4-14(15)6-10-20(23)44/h2-7,9-11,17-18,22,24,44H,8,12-13H2,1H3/t17-,18+,22-,24+,30+,31-/m0/s1. The maximum atomic E-state index is 14.3. The van der Waals surface area contributed by atoms with Crippen LogP contribution >= 0.6 is 50.7 Å². The number of benzene rings is 2. The molecule has 3 heterocycles. The molecule has 6 atom stereocenters. The Bertz CT molecular complexity index is 2000. The molecule has 1 saturated carbocycles. The highest BCUT2D eigenvalue weighted by Gasteiger charge is 2.76. The lowest BCUT2D eigenvalue weighted by Crippen LogP contribution is -2.60. The van der Waals surface area contributed by atoms with Crippen molar-refractivity contribution in [1.29, 1.82) is 0 Å². The van der Waals surface area contributed by atoms with Crippen LogP contribution in [-0.2, 0) is 25.4 Å². The molecule has 0 radical (unpaired) electrons. The van der Waals surface area contributed by atoms with Crippen molar-refractivity contribution in [3.8, 4) is 5.75 Å².